The number of aryl methyl sites for hydroxylation is 1. The van der Waals surface area contributed by atoms with Crippen molar-refractivity contribution in [2.24, 2.45) is 4.99 Å². The summed E-state index contributed by atoms with van der Waals surface area (Å²) in [5, 5.41) is 3.72. The Morgan fingerprint density at radius 3 is 2.63 bits per heavy atom. The van der Waals surface area contributed by atoms with Gasteiger partial charge < -0.3 is 14.8 Å². The number of halogens is 2. The van der Waals surface area contributed by atoms with Gasteiger partial charge in [-0.15, -0.1) is 11.3 Å². The smallest absolute Gasteiger partial charge is 0.259 e. The molecule has 0 radical (unpaired) electrons. The van der Waals surface area contributed by atoms with E-state index < -0.39 is 0 Å². The van der Waals surface area contributed by atoms with Crippen LogP contribution in [0, 0.1) is 9.39 Å². The highest BCUT2D eigenvalue weighted by Crippen LogP contribution is 2.41. The molecule has 0 saturated carbocycles. The predicted octanol–water partition coefficient (Wildman–Crippen LogP) is 7.96. The summed E-state index contributed by atoms with van der Waals surface area (Å²) in [6.07, 6.45) is 5.76. The number of aliphatic imine (C=N–C) groups is 1. The number of methoxy groups -OCH3 is 1. The Balaban J connectivity index is 1.48. The molecule has 0 bridgehead atoms. The zero-order chi connectivity index (χ0) is 26.5. The number of fused-ring (bicyclic) bond motifs is 1. The van der Waals surface area contributed by atoms with Gasteiger partial charge in [0.05, 0.1) is 12.7 Å². The van der Waals surface area contributed by atoms with E-state index >= 15 is 0 Å². The first-order chi connectivity index (χ1) is 18.5. The minimum Gasteiger partial charge on any atom is -0.493 e. The third kappa shape index (κ3) is 6.07. The summed E-state index contributed by atoms with van der Waals surface area (Å²) in [6, 6.07) is 19.5. The molecule has 0 fully saturated rings. The SMILES string of the molecule is COc1cc(I)cc(C=Nc2sc3c(c2C(=O)Nc2ccccc2)CCCC3)c1OCc1ccc(F)cc1. The first kappa shape index (κ1) is 26.4. The highest BCUT2D eigenvalue weighted by molar-refractivity contribution is 14.1. The van der Waals surface area contributed by atoms with E-state index in [1.165, 1.54) is 17.0 Å². The summed E-state index contributed by atoms with van der Waals surface area (Å²) in [5.74, 6) is 0.681. The number of amides is 1. The molecule has 0 saturated heterocycles. The molecule has 1 heterocycles. The highest BCUT2D eigenvalue weighted by atomic mass is 127. The molecule has 3 aromatic carbocycles. The number of anilines is 1. The molecule has 0 unspecified atom stereocenters. The summed E-state index contributed by atoms with van der Waals surface area (Å²) in [5.41, 5.74) is 4.07. The summed E-state index contributed by atoms with van der Waals surface area (Å²) < 4.78 is 26.0. The summed E-state index contributed by atoms with van der Waals surface area (Å²) in [6.45, 7) is 0.246. The molecule has 1 aromatic heterocycles. The first-order valence-corrected chi connectivity index (χ1v) is 14.2. The number of benzene rings is 3. The van der Waals surface area contributed by atoms with E-state index in [2.05, 4.69) is 27.9 Å². The lowest BCUT2D eigenvalue weighted by atomic mass is 9.95. The quantitative estimate of drug-likeness (QED) is 0.157. The topological polar surface area (TPSA) is 59.9 Å². The molecular weight excluding hydrogens is 614 g/mol. The number of nitrogens with zero attached hydrogens (tertiary/aromatic N) is 1. The van der Waals surface area contributed by atoms with E-state index in [9.17, 15) is 9.18 Å². The van der Waals surface area contributed by atoms with Gasteiger partial charge in [-0.1, -0.05) is 30.3 Å². The van der Waals surface area contributed by atoms with Crippen molar-refractivity contribution in [3.8, 4) is 11.5 Å². The van der Waals surface area contributed by atoms with Crippen molar-refractivity contribution in [2.45, 2.75) is 32.3 Å². The van der Waals surface area contributed by atoms with E-state index in [0.717, 1.165) is 51.6 Å². The summed E-state index contributed by atoms with van der Waals surface area (Å²) in [7, 11) is 1.59. The van der Waals surface area contributed by atoms with E-state index in [1.54, 1.807) is 36.8 Å². The third-order valence-electron chi connectivity index (χ3n) is 6.30. The van der Waals surface area contributed by atoms with E-state index in [-0.39, 0.29) is 18.3 Å². The molecule has 5 nitrogen and oxygen atoms in total. The van der Waals surface area contributed by atoms with Crippen LogP contribution in [-0.2, 0) is 19.4 Å². The summed E-state index contributed by atoms with van der Waals surface area (Å²) >= 11 is 3.81. The number of carbonyl (C=O) groups excluding carboxylic acids is 1. The molecule has 38 heavy (non-hydrogen) atoms. The fourth-order valence-electron chi connectivity index (χ4n) is 4.45. The zero-order valence-corrected chi connectivity index (χ0v) is 23.8. The molecule has 1 aliphatic rings. The first-order valence-electron chi connectivity index (χ1n) is 12.3. The molecule has 194 valence electrons. The zero-order valence-electron chi connectivity index (χ0n) is 20.8. The lowest BCUT2D eigenvalue weighted by Crippen LogP contribution is -2.14. The molecule has 0 aliphatic heterocycles. The van der Waals surface area contributed by atoms with Gasteiger partial charge >= 0.3 is 0 Å². The van der Waals surface area contributed by atoms with Crippen molar-refractivity contribution in [1.29, 1.82) is 0 Å². The maximum atomic E-state index is 13.4. The van der Waals surface area contributed by atoms with Crippen LogP contribution in [0.1, 0.15) is 44.8 Å². The van der Waals surface area contributed by atoms with Gasteiger partial charge in [0.2, 0.25) is 0 Å². The van der Waals surface area contributed by atoms with Gasteiger partial charge in [0.15, 0.2) is 11.5 Å². The van der Waals surface area contributed by atoms with Gasteiger partial charge in [0, 0.05) is 25.9 Å². The van der Waals surface area contributed by atoms with Crippen molar-refractivity contribution < 1.29 is 18.7 Å². The van der Waals surface area contributed by atoms with Crippen LogP contribution in [0.15, 0.2) is 71.7 Å². The molecule has 0 spiro atoms. The predicted molar refractivity (Wildman–Crippen MR) is 159 cm³/mol. The summed E-state index contributed by atoms with van der Waals surface area (Å²) in [4.78, 5) is 19.5. The van der Waals surface area contributed by atoms with Crippen molar-refractivity contribution in [1.82, 2.24) is 0 Å². The van der Waals surface area contributed by atoms with E-state index in [0.29, 0.717) is 22.1 Å². The van der Waals surface area contributed by atoms with Crippen LogP contribution in [0.25, 0.3) is 0 Å². The maximum Gasteiger partial charge on any atom is 0.259 e. The number of ether oxygens (including phenoxy) is 2. The molecule has 5 rings (SSSR count). The standard InChI is InChI=1S/C30H26FIN2O3S/c1-36-25-16-22(32)15-20(28(25)37-18-19-11-13-21(31)14-12-19)17-33-30-27(24-9-5-6-10-26(24)38-30)29(35)34-23-7-3-2-4-8-23/h2-4,7-8,11-17H,5-6,9-10,18H2,1H3,(H,34,35). The number of hydrogen-bond donors (Lipinski definition) is 1. The second-order valence-corrected chi connectivity index (χ2v) is 11.2. The van der Waals surface area contributed by atoms with Gasteiger partial charge in [-0.25, -0.2) is 9.38 Å². The maximum absolute atomic E-state index is 13.4. The minimum absolute atomic E-state index is 0.143. The molecular formula is C30H26FIN2O3S. The van der Waals surface area contributed by atoms with Crippen molar-refractivity contribution in [3.63, 3.8) is 0 Å². The van der Waals surface area contributed by atoms with Crippen LogP contribution in [0.5, 0.6) is 11.5 Å². The van der Waals surface area contributed by atoms with Crippen LogP contribution in [0.4, 0.5) is 15.1 Å². The minimum atomic E-state index is -0.292. The fourth-order valence-corrected chi connectivity index (χ4v) is 6.30. The van der Waals surface area contributed by atoms with Crippen LogP contribution < -0.4 is 14.8 Å². The largest absolute Gasteiger partial charge is 0.493 e. The highest BCUT2D eigenvalue weighted by Gasteiger charge is 2.25. The van der Waals surface area contributed by atoms with Gasteiger partial charge in [-0.05, 0) is 95.8 Å². The van der Waals surface area contributed by atoms with Crippen LogP contribution in [0.2, 0.25) is 0 Å². The van der Waals surface area contributed by atoms with Crippen molar-refractivity contribution in [3.05, 3.63) is 103 Å². The Labute approximate surface area is 238 Å². The van der Waals surface area contributed by atoms with E-state index in [4.69, 9.17) is 14.5 Å². The van der Waals surface area contributed by atoms with Gasteiger partial charge in [-0.2, -0.15) is 0 Å². The number of para-hydroxylation sites is 1. The Morgan fingerprint density at radius 2 is 1.87 bits per heavy atom. The monoisotopic (exact) mass is 640 g/mol. The van der Waals surface area contributed by atoms with Gasteiger partial charge in [0.1, 0.15) is 17.4 Å². The second-order valence-electron chi connectivity index (χ2n) is 8.91. The Bertz CT molecular complexity index is 1470. The average molecular weight is 641 g/mol. The lowest BCUT2D eigenvalue weighted by Gasteiger charge is -2.14. The number of rotatable bonds is 8. The Hall–Kier alpha value is -3.24. The third-order valence-corrected chi connectivity index (χ3v) is 8.12. The van der Waals surface area contributed by atoms with Crippen LogP contribution in [0.3, 0.4) is 0 Å². The number of hydrogen-bond acceptors (Lipinski definition) is 5. The number of thiophene rings is 1. The number of nitrogens with one attached hydrogen (secondary N) is 1. The van der Waals surface area contributed by atoms with Crippen LogP contribution in [-0.4, -0.2) is 19.2 Å². The molecule has 1 aliphatic carbocycles. The van der Waals surface area contributed by atoms with Crippen molar-refractivity contribution >= 4 is 56.7 Å². The fraction of sp³-hybridized carbons (Fsp3) is 0.200. The van der Waals surface area contributed by atoms with Crippen LogP contribution >= 0.6 is 33.9 Å². The van der Waals surface area contributed by atoms with Gasteiger partial charge in [0.25, 0.3) is 5.91 Å². The molecule has 8 heteroatoms. The number of carbonyl (C=O) groups is 1. The van der Waals surface area contributed by atoms with Crippen molar-refractivity contribution in [2.75, 3.05) is 12.4 Å². The lowest BCUT2D eigenvalue weighted by molar-refractivity contribution is 0.102. The molecule has 4 aromatic rings. The normalized spacial score (nSPS) is 12.8. The molecule has 0 atom stereocenters. The molecule has 1 N–H and O–H groups in total. The Kier molecular flexibility index (Phi) is 8.38. The molecule has 1 amide bonds. The van der Waals surface area contributed by atoms with E-state index in [1.807, 2.05) is 42.5 Å². The Morgan fingerprint density at radius 1 is 1.11 bits per heavy atom. The average Bonchev–Trinajstić information content (AvgIpc) is 3.31. The second kappa shape index (κ2) is 12.1. The van der Waals surface area contributed by atoms with Gasteiger partial charge in [-0.3, -0.25) is 4.79 Å².